The van der Waals surface area contributed by atoms with Gasteiger partial charge in [0, 0.05) is 25.1 Å². The Kier molecular flexibility index (Phi) is 11.3. The molecule has 8 nitrogen and oxygen atoms in total. The second-order valence-corrected chi connectivity index (χ2v) is 12.6. The summed E-state index contributed by atoms with van der Waals surface area (Å²) < 4.78 is 0. The average molecular weight is 672 g/mol. The Balaban J connectivity index is 1.30. The Morgan fingerprint density at radius 3 is 2.45 bits per heavy atom. The van der Waals surface area contributed by atoms with Crippen molar-refractivity contribution < 1.29 is 19.2 Å². The number of hydrogen-bond acceptors (Lipinski definition) is 6. The third kappa shape index (κ3) is 7.83. The lowest BCUT2D eigenvalue weighted by Gasteiger charge is -2.35. The van der Waals surface area contributed by atoms with E-state index in [2.05, 4.69) is 11.0 Å². The van der Waals surface area contributed by atoms with Crippen LogP contribution in [0.2, 0.25) is 10.0 Å². The molecule has 1 saturated heterocycles. The Hall–Kier alpha value is -4.26. The molecule has 0 bridgehead atoms. The molecule has 0 saturated carbocycles. The van der Waals surface area contributed by atoms with Crippen molar-refractivity contribution in [1.29, 1.82) is 5.26 Å². The van der Waals surface area contributed by atoms with E-state index in [1.165, 1.54) is 7.11 Å². The molecule has 0 aliphatic carbocycles. The maximum atomic E-state index is 13.9. The molecule has 2 amide bonds. The number of halogens is 2. The Morgan fingerprint density at radius 2 is 1.74 bits per heavy atom. The number of carbonyl (C=O) groups excluding carboxylic acids is 3. The lowest BCUT2D eigenvalue weighted by molar-refractivity contribution is -0.133. The van der Waals surface area contributed by atoms with E-state index in [9.17, 15) is 19.6 Å². The number of likely N-dealkylation sites (N-methyl/N-ethyl adjacent to an activating group) is 1. The zero-order chi connectivity index (χ0) is 33.5. The van der Waals surface area contributed by atoms with Gasteiger partial charge in [-0.3, -0.25) is 19.2 Å². The summed E-state index contributed by atoms with van der Waals surface area (Å²) in [6.07, 6.45) is 2.79. The number of nitriles is 1. The highest BCUT2D eigenvalue weighted by Gasteiger charge is 2.28. The van der Waals surface area contributed by atoms with Crippen LogP contribution in [0.3, 0.4) is 0 Å². The van der Waals surface area contributed by atoms with Gasteiger partial charge in [0.25, 0.3) is 5.91 Å². The highest BCUT2D eigenvalue weighted by atomic mass is 35.5. The van der Waals surface area contributed by atoms with Gasteiger partial charge in [-0.05, 0) is 97.0 Å². The third-order valence-electron chi connectivity index (χ3n) is 8.94. The molecule has 1 atom stereocenters. The van der Waals surface area contributed by atoms with Crippen molar-refractivity contribution >= 4 is 57.8 Å². The molecular weight excluding hydrogens is 635 g/mol. The summed E-state index contributed by atoms with van der Waals surface area (Å²) in [6.45, 7) is 2.96. The van der Waals surface area contributed by atoms with Gasteiger partial charge in [-0.15, -0.1) is 0 Å². The van der Waals surface area contributed by atoms with E-state index in [1.54, 1.807) is 36.2 Å². The van der Waals surface area contributed by atoms with Gasteiger partial charge in [-0.2, -0.15) is 10.3 Å². The fourth-order valence-corrected chi connectivity index (χ4v) is 6.79. The third-order valence-corrected chi connectivity index (χ3v) is 9.68. The van der Waals surface area contributed by atoms with Crippen LogP contribution in [0.5, 0.6) is 0 Å². The smallest absolute Gasteiger partial charge is 0.314 e. The predicted octanol–water partition coefficient (Wildman–Crippen LogP) is 7.24. The molecule has 0 aromatic heterocycles. The molecule has 0 N–H and O–H groups in total. The van der Waals surface area contributed by atoms with Crippen LogP contribution in [0.4, 0.5) is 5.69 Å². The van der Waals surface area contributed by atoms with E-state index in [-0.39, 0.29) is 24.0 Å². The minimum absolute atomic E-state index is 0.0211. The van der Waals surface area contributed by atoms with Crippen LogP contribution in [-0.4, -0.2) is 68.2 Å². The molecule has 242 valence electrons. The number of hydroxylamine groups is 1. The first-order chi connectivity index (χ1) is 22.7. The number of anilines is 1. The first kappa shape index (κ1) is 34.1. The van der Waals surface area contributed by atoms with Crippen LogP contribution in [0.25, 0.3) is 10.8 Å². The maximum Gasteiger partial charge on any atom is 0.314 e. The van der Waals surface area contributed by atoms with Gasteiger partial charge in [0.15, 0.2) is 0 Å². The molecule has 1 fully saturated rings. The molecule has 10 heteroatoms. The van der Waals surface area contributed by atoms with Crippen LogP contribution >= 0.6 is 23.2 Å². The van der Waals surface area contributed by atoms with Crippen molar-refractivity contribution in [3.8, 4) is 6.07 Å². The van der Waals surface area contributed by atoms with Gasteiger partial charge in [-0.25, -0.2) is 0 Å². The zero-order valence-corrected chi connectivity index (χ0v) is 27.9. The molecule has 1 aliphatic heterocycles. The van der Waals surface area contributed by atoms with Gasteiger partial charge in [0.05, 0.1) is 34.5 Å². The van der Waals surface area contributed by atoms with Gasteiger partial charge in [0.1, 0.15) is 0 Å². The summed E-state index contributed by atoms with van der Waals surface area (Å²) in [5.41, 5.74) is 3.51. The summed E-state index contributed by atoms with van der Waals surface area (Å²) in [5.74, 6) is -0.721. The Morgan fingerprint density at radius 1 is 1.02 bits per heavy atom. The number of likely N-dealkylation sites (tertiary alicyclic amines) is 1. The number of para-hydroxylation sites is 1. The van der Waals surface area contributed by atoms with Gasteiger partial charge >= 0.3 is 5.91 Å². The second-order valence-electron chi connectivity index (χ2n) is 11.8. The number of amides is 2. The minimum atomic E-state index is -0.750. The molecule has 4 aromatic carbocycles. The quantitative estimate of drug-likeness (QED) is 0.0949. The van der Waals surface area contributed by atoms with Gasteiger partial charge in [0.2, 0.25) is 6.29 Å². The molecule has 0 radical (unpaired) electrons. The van der Waals surface area contributed by atoms with Crippen molar-refractivity contribution in [2.24, 2.45) is 0 Å². The molecule has 1 heterocycles. The van der Waals surface area contributed by atoms with E-state index in [4.69, 9.17) is 28.0 Å². The molecule has 0 spiro atoms. The van der Waals surface area contributed by atoms with Crippen molar-refractivity contribution in [2.75, 3.05) is 45.4 Å². The van der Waals surface area contributed by atoms with Crippen LogP contribution in [0.1, 0.15) is 58.1 Å². The monoisotopic (exact) mass is 670 g/mol. The van der Waals surface area contributed by atoms with Crippen molar-refractivity contribution in [3.63, 3.8) is 0 Å². The summed E-state index contributed by atoms with van der Waals surface area (Å²) in [7, 11) is 3.17. The summed E-state index contributed by atoms with van der Waals surface area (Å²) in [5, 5.41) is 13.3. The number of nitrogens with zero attached hydrogens (tertiary/aromatic N) is 4. The first-order valence-electron chi connectivity index (χ1n) is 15.5. The van der Waals surface area contributed by atoms with Crippen LogP contribution < -0.4 is 5.06 Å². The number of aldehydes is 1. The van der Waals surface area contributed by atoms with Crippen LogP contribution in [0.15, 0.2) is 78.9 Å². The number of benzene rings is 4. The molecule has 5 rings (SSSR count). The lowest BCUT2D eigenvalue weighted by Crippen LogP contribution is -2.37. The second kappa shape index (κ2) is 15.6. The SMILES string of the molecule is CON(C(=O)C=O)c1ccccc1C1CCN(CCC(CN(C)C(=O)c2cc(C#N)cc3ccccc23)c2ccc(Cl)c(Cl)c2)CC1. The highest BCUT2D eigenvalue weighted by Crippen LogP contribution is 2.36. The summed E-state index contributed by atoms with van der Waals surface area (Å²) in [6, 6.07) is 26.4. The number of hydrogen-bond donors (Lipinski definition) is 0. The Bertz CT molecular complexity index is 1820. The fraction of sp³-hybridized carbons (Fsp3) is 0.297. The van der Waals surface area contributed by atoms with E-state index in [0.29, 0.717) is 33.4 Å². The van der Waals surface area contributed by atoms with E-state index >= 15 is 0 Å². The molecule has 1 unspecified atom stereocenters. The Labute approximate surface area is 285 Å². The minimum Gasteiger partial charge on any atom is -0.341 e. The van der Waals surface area contributed by atoms with Crippen molar-refractivity contribution in [1.82, 2.24) is 9.80 Å². The largest absolute Gasteiger partial charge is 0.341 e. The number of piperidine rings is 1. The number of carbonyl (C=O) groups is 3. The van der Waals surface area contributed by atoms with Crippen LogP contribution in [-0.2, 0) is 14.4 Å². The first-order valence-corrected chi connectivity index (χ1v) is 16.3. The highest BCUT2D eigenvalue weighted by molar-refractivity contribution is 6.42. The topological polar surface area (TPSA) is 93.9 Å². The predicted molar refractivity (Wildman–Crippen MR) is 185 cm³/mol. The molecule has 1 aliphatic rings. The molecule has 47 heavy (non-hydrogen) atoms. The van der Waals surface area contributed by atoms with Crippen molar-refractivity contribution in [2.45, 2.75) is 31.1 Å². The van der Waals surface area contributed by atoms with Gasteiger partial charge in [-0.1, -0.05) is 71.7 Å². The maximum absolute atomic E-state index is 13.9. The molecule has 4 aromatic rings. The number of rotatable bonds is 11. The van der Waals surface area contributed by atoms with Crippen molar-refractivity contribution in [3.05, 3.63) is 111 Å². The zero-order valence-electron chi connectivity index (χ0n) is 26.4. The standard InChI is InChI=1S/C37H36Cl2N4O4/c1-41(37(46)32-20-25(22-40)19-28-7-3-4-8-30(28)32)23-29(27-11-12-33(38)34(39)21-27)15-18-42-16-13-26(14-17-42)31-9-5-6-10-35(31)43(47-2)36(45)24-44/h3-12,19-21,24,26,29H,13-18,23H2,1-2H3. The molecular formula is C37H36Cl2N4O4. The summed E-state index contributed by atoms with van der Waals surface area (Å²) in [4.78, 5) is 46.6. The van der Waals surface area contributed by atoms with Crippen LogP contribution in [0, 0.1) is 11.3 Å². The normalized spacial score (nSPS) is 14.4. The average Bonchev–Trinajstić information content (AvgIpc) is 3.11. The van der Waals surface area contributed by atoms with E-state index < -0.39 is 5.91 Å². The lowest BCUT2D eigenvalue weighted by atomic mass is 9.87. The van der Waals surface area contributed by atoms with E-state index in [1.807, 2.05) is 54.6 Å². The fourth-order valence-electron chi connectivity index (χ4n) is 6.48. The summed E-state index contributed by atoms with van der Waals surface area (Å²) >= 11 is 12.7. The van der Waals surface area contributed by atoms with E-state index in [0.717, 1.165) is 65.9 Å². The van der Waals surface area contributed by atoms with Gasteiger partial charge < -0.3 is 9.80 Å². The number of fused-ring (bicyclic) bond motifs is 1.